The Morgan fingerprint density at radius 2 is 1.88 bits per heavy atom. The van der Waals surface area contributed by atoms with Crippen LogP contribution in [0, 0.1) is 6.92 Å². The molecular weight excluding hydrogens is 561 g/mol. The van der Waals surface area contributed by atoms with Crippen molar-refractivity contribution in [3.63, 3.8) is 0 Å². The van der Waals surface area contributed by atoms with Crippen molar-refractivity contribution in [2.24, 2.45) is 0 Å². The van der Waals surface area contributed by atoms with Gasteiger partial charge in [0.25, 0.3) is 11.5 Å². The molecule has 220 valence electrons. The number of hydrogen-bond acceptors (Lipinski definition) is 7. The van der Waals surface area contributed by atoms with Crippen molar-refractivity contribution in [3.8, 4) is 0 Å². The van der Waals surface area contributed by atoms with Crippen LogP contribution in [0.15, 0.2) is 27.4 Å². The molecule has 0 saturated heterocycles. The fourth-order valence-corrected chi connectivity index (χ4v) is 5.97. The second-order valence-corrected chi connectivity index (χ2v) is 11.6. The lowest BCUT2D eigenvalue weighted by molar-refractivity contribution is -0.137. The average Bonchev–Trinajstić information content (AvgIpc) is 3.34. The highest BCUT2D eigenvalue weighted by molar-refractivity contribution is 6.31. The monoisotopic (exact) mass is 592 g/mol. The summed E-state index contributed by atoms with van der Waals surface area (Å²) in [6.07, 6.45) is -1.41. The zero-order valence-corrected chi connectivity index (χ0v) is 24.0. The van der Waals surface area contributed by atoms with Gasteiger partial charge in [0.15, 0.2) is 0 Å². The van der Waals surface area contributed by atoms with E-state index < -0.39 is 28.7 Å². The molecule has 9 nitrogen and oxygen atoms in total. The van der Waals surface area contributed by atoms with E-state index in [4.69, 9.17) is 21.0 Å². The molecule has 1 aliphatic heterocycles. The van der Waals surface area contributed by atoms with Gasteiger partial charge in [-0.3, -0.25) is 14.2 Å². The zero-order chi connectivity index (χ0) is 29.6. The van der Waals surface area contributed by atoms with Gasteiger partial charge in [-0.25, -0.2) is 4.98 Å². The van der Waals surface area contributed by atoms with Crippen LogP contribution in [0.3, 0.4) is 0 Å². The summed E-state index contributed by atoms with van der Waals surface area (Å²) < 4.78 is 47.7. The number of alkyl halides is 3. The van der Waals surface area contributed by atoms with E-state index >= 15 is 0 Å². The summed E-state index contributed by atoms with van der Waals surface area (Å²) in [5, 5.41) is 10.9. The Morgan fingerprint density at radius 1 is 1.17 bits per heavy atom. The van der Waals surface area contributed by atoms with Gasteiger partial charge >= 0.3 is 6.18 Å². The molecular formula is C28H32ClF3N6O3. The van der Waals surface area contributed by atoms with Gasteiger partial charge in [0.2, 0.25) is 17.7 Å². The first-order chi connectivity index (χ1) is 19.3. The number of carbonyl (C=O) groups is 1. The lowest BCUT2D eigenvalue weighted by atomic mass is 9.85. The molecule has 1 N–H and O–H groups in total. The molecule has 1 fully saturated rings. The summed E-state index contributed by atoms with van der Waals surface area (Å²) in [6.45, 7) is 7.44. The van der Waals surface area contributed by atoms with Gasteiger partial charge in [0, 0.05) is 42.1 Å². The summed E-state index contributed by atoms with van der Waals surface area (Å²) in [5.74, 6) is 1.14. The van der Waals surface area contributed by atoms with Gasteiger partial charge in [-0.15, -0.1) is 10.2 Å². The number of fused-ring (bicyclic) bond motifs is 1. The van der Waals surface area contributed by atoms with E-state index in [1.165, 1.54) is 11.0 Å². The predicted octanol–water partition coefficient (Wildman–Crippen LogP) is 5.91. The number of aryl methyl sites for hydroxylation is 1. The molecule has 13 heteroatoms. The van der Waals surface area contributed by atoms with Crippen molar-refractivity contribution in [3.05, 3.63) is 67.7 Å². The number of nitrogens with one attached hydrogen (secondary N) is 1. The number of amides is 1. The summed E-state index contributed by atoms with van der Waals surface area (Å²) >= 11 is 5.75. The van der Waals surface area contributed by atoms with Crippen LogP contribution in [0.5, 0.6) is 0 Å². The minimum absolute atomic E-state index is 0.00538. The molecule has 3 heterocycles. The third kappa shape index (κ3) is 5.84. The van der Waals surface area contributed by atoms with E-state index in [1.54, 1.807) is 18.4 Å². The highest BCUT2D eigenvalue weighted by Crippen LogP contribution is 2.39. The lowest BCUT2D eigenvalue weighted by Crippen LogP contribution is -2.46. The van der Waals surface area contributed by atoms with Crippen molar-refractivity contribution in [2.75, 3.05) is 5.32 Å². The second-order valence-electron chi connectivity index (χ2n) is 11.2. The van der Waals surface area contributed by atoms with Crippen LogP contribution in [-0.2, 0) is 19.1 Å². The van der Waals surface area contributed by atoms with Crippen molar-refractivity contribution >= 4 is 23.5 Å². The Balaban J connectivity index is 1.44. The molecule has 2 aliphatic rings. The molecule has 41 heavy (non-hydrogen) atoms. The Labute approximate surface area is 240 Å². The normalized spacial score (nSPS) is 21.2. The zero-order valence-electron chi connectivity index (χ0n) is 23.3. The average molecular weight is 593 g/mol. The number of aromatic nitrogens is 4. The minimum Gasteiger partial charge on any atom is -0.425 e. The summed E-state index contributed by atoms with van der Waals surface area (Å²) in [6, 6.07) is 2.62. The Bertz CT molecular complexity index is 1510. The van der Waals surface area contributed by atoms with Crippen LogP contribution in [0.25, 0.3) is 0 Å². The fourth-order valence-electron chi connectivity index (χ4n) is 5.74. The first kappa shape index (κ1) is 29.1. The Kier molecular flexibility index (Phi) is 7.88. The van der Waals surface area contributed by atoms with E-state index in [9.17, 15) is 22.8 Å². The first-order valence-corrected chi connectivity index (χ1v) is 14.1. The Morgan fingerprint density at radius 3 is 2.49 bits per heavy atom. The van der Waals surface area contributed by atoms with Crippen LogP contribution in [0.1, 0.15) is 97.4 Å². The van der Waals surface area contributed by atoms with Crippen LogP contribution < -0.4 is 10.9 Å². The van der Waals surface area contributed by atoms with Gasteiger partial charge in [-0.05, 0) is 71.1 Å². The third-order valence-electron chi connectivity index (χ3n) is 7.80. The standard InChI is InChI=1S/C28H32ClF3N6O3/c1-14(2)33-27-34-23-13-37(25(39)18-7-10-22(29)21(12-18)28(30,31)32)15(3)11-20(23)26(40)38(27)19-8-5-17(6-9-19)24-36-35-16(4)41-24/h7,10,12,14-15,17,19H,5-6,8-9,11,13H2,1-4H3,(H,33,34)/t15-,17?,19?/m1/s1. The van der Waals surface area contributed by atoms with Crippen molar-refractivity contribution < 1.29 is 22.4 Å². The number of benzene rings is 1. The van der Waals surface area contributed by atoms with Crippen LogP contribution in [0.4, 0.5) is 19.1 Å². The quantitative estimate of drug-likeness (QED) is 0.392. The number of anilines is 1. The molecule has 2 aromatic heterocycles. The lowest BCUT2D eigenvalue weighted by Gasteiger charge is -2.36. The van der Waals surface area contributed by atoms with E-state index in [0.29, 0.717) is 29.0 Å². The smallest absolute Gasteiger partial charge is 0.417 e. The number of hydrogen-bond donors (Lipinski definition) is 1. The highest BCUT2D eigenvalue weighted by Gasteiger charge is 2.37. The predicted molar refractivity (Wildman–Crippen MR) is 146 cm³/mol. The van der Waals surface area contributed by atoms with Gasteiger partial charge in [0.1, 0.15) is 0 Å². The fraction of sp³-hybridized carbons (Fsp3) is 0.536. The van der Waals surface area contributed by atoms with E-state index in [-0.39, 0.29) is 42.1 Å². The van der Waals surface area contributed by atoms with Gasteiger partial charge in [-0.1, -0.05) is 11.6 Å². The molecule has 1 atom stereocenters. The number of rotatable bonds is 5. The largest absolute Gasteiger partial charge is 0.425 e. The van der Waals surface area contributed by atoms with Crippen LogP contribution in [0.2, 0.25) is 5.02 Å². The molecule has 0 radical (unpaired) electrons. The second kappa shape index (κ2) is 11.1. The van der Waals surface area contributed by atoms with Crippen LogP contribution in [-0.4, -0.2) is 42.6 Å². The van der Waals surface area contributed by atoms with Gasteiger partial charge < -0.3 is 14.6 Å². The summed E-state index contributed by atoms with van der Waals surface area (Å²) in [7, 11) is 0. The molecule has 1 aliphatic carbocycles. The first-order valence-electron chi connectivity index (χ1n) is 13.7. The highest BCUT2D eigenvalue weighted by atomic mass is 35.5. The number of halogens is 4. The third-order valence-corrected chi connectivity index (χ3v) is 8.13. The topological polar surface area (TPSA) is 106 Å². The number of nitrogens with zero attached hydrogens (tertiary/aromatic N) is 5. The maximum Gasteiger partial charge on any atom is 0.417 e. The number of carbonyl (C=O) groups excluding carboxylic acids is 1. The molecule has 1 amide bonds. The molecule has 3 aromatic rings. The molecule has 5 rings (SSSR count). The van der Waals surface area contributed by atoms with Crippen LogP contribution >= 0.6 is 11.6 Å². The molecule has 0 spiro atoms. The van der Waals surface area contributed by atoms with E-state index in [2.05, 4.69) is 15.5 Å². The molecule has 1 saturated carbocycles. The van der Waals surface area contributed by atoms with Gasteiger partial charge in [-0.2, -0.15) is 13.2 Å². The molecule has 0 unspecified atom stereocenters. The summed E-state index contributed by atoms with van der Waals surface area (Å²) in [5.41, 5.74) is -0.374. The molecule has 1 aromatic carbocycles. The van der Waals surface area contributed by atoms with E-state index in [1.807, 2.05) is 13.8 Å². The van der Waals surface area contributed by atoms with Gasteiger partial charge in [0.05, 0.1) is 22.8 Å². The van der Waals surface area contributed by atoms with Crippen molar-refractivity contribution in [1.29, 1.82) is 0 Å². The van der Waals surface area contributed by atoms with E-state index in [0.717, 1.165) is 37.8 Å². The minimum atomic E-state index is -4.69. The Hall–Kier alpha value is -3.41. The summed E-state index contributed by atoms with van der Waals surface area (Å²) in [4.78, 5) is 33.6. The maximum absolute atomic E-state index is 14.0. The van der Waals surface area contributed by atoms with Crippen molar-refractivity contribution in [1.82, 2.24) is 24.6 Å². The maximum atomic E-state index is 14.0. The molecule has 0 bridgehead atoms. The van der Waals surface area contributed by atoms with Crippen molar-refractivity contribution in [2.45, 2.75) is 96.6 Å². The SMILES string of the molecule is Cc1nnc(C2CCC(n3c(NC(C)C)nc4c(c3=O)C[C@@H](C)N(C(=O)c3ccc(Cl)c(C(F)(F)F)c3)C4)CC2)o1.